The van der Waals surface area contributed by atoms with Gasteiger partial charge in [-0.1, -0.05) is 17.7 Å². The van der Waals surface area contributed by atoms with Crippen molar-refractivity contribution in [2.24, 2.45) is 0 Å². The number of hydrogen-bond acceptors (Lipinski definition) is 2. The van der Waals surface area contributed by atoms with Gasteiger partial charge in [-0.05, 0) is 12.1 Å². The molecule has 0 aliphatic heterocycles. The highest BCUT2D eigenvalue weighted by Gasteiger charge is 2.01. The van der Waals surface area contributed by atoms with E-state index in [4.69, 9.17) is 17.3 Å². The second-order valence-electron chi connectivity index (χ2n) is 2.76. The van der Waals surface area contributed by atoms with Crippen molar-refractivity contribution in [2.75, 3.05) is 5.73 Å². The largest absolute Gasteiger partial charge is 0.397 e. The molecule has 1 aromatic heterocycles. The summed E-state index contributed by atoms with van der Waals surface area (Å²) in [6.07, 6.45) is 1.48. The summed E-state index contributed by atoms with van der Waals surface area (Å²) in [4.78, 5) is 13.8. The van der Waals surface area contributed by atoms with Crippen LogP contribution in [0, 0.1) is 0 Å². The Balaban J connectivity index is 3.01. The Labute approximate surface area is 79.1 Å². The van der Waals surface area contributed by atoms with Gasteiger partial charge in [-0.15, -0.1) is 0 Å². The highest BCUT2D eigenvalue weighted by Crippen LogP contribution is 2.20. The summed E-state index contributed by atoms with van der Waals surface area (Å²) in [6.45, 7) is 0. The number of rotatable bonds is 0. The Hall–Kier alpha value is -1.48. The van der Waals surface area contributed by atoms with E-state index < -0.39 is 0 Å². The molecule has 4 heteroatoms. The van der Waals surface area contributed by atoms with Crippen molar-refractivity contribution in [3.8, 4) is 0 Å². The van der Waals surface area contributed by atoms with E-state index in [9.17, 15) is 4.79 Å². The summed E-state index contributed by atoms with van der Waals surface area (Å²) in [7, 11) is 0. The van der Waals surface area contributed by atoms with Gasteiger partial charge in [0.15, 0.2) is 0 Å². The van der Waals surface area contributed by atoms with Crippen LogP contribution in [-0.2, 0) is 0 Å². The molecule has 0 fully saturated rings. The molecule has 0 bridgehead atoms. The van der Waals surface area contributed by atoms with Crippen molar-refractivity contribution in [3.63, 3.8) is 0 Å². The third-order valence-corrected chi connectivity index (χ3v) is 2.13. The minimum absolute atomic E-state index is 0.174. The summed E-state index contributed by atoms with van der Waals surface area (Å²) in [5.74, 6) is 0. The fourth-order valence-corrected chi connectivity index (χ4v) is 1.43. The van der Waals surface area contributed by atoms with E-state index in [2.05, 4.69) is 4.98 Å². The maximum atomic E-state index is 11.3. The van der Waals surface area contributed by atoms with Crippen LogP contribution < -0.4 is 11.3 Å². The lowest BCUT2D eigenvalue weighted by atomic mass is 10.1. The lowest BCUT2D eigenvalue weighted by Gasteiger charge is -2.00. The number of fused-ring (bicyclic) bond motifs is 1. The molecule has 3 nitrogen and oxygen atoms in total. The number of anilines is 1. The van der Waals surface area contributed by atoms with Gasteiger partial charge in [0.25, 0.3) is 5.56 Å². The van der Waals surface area contributed by atoms with Crippen molar-refractivity contribution in [1.29, 1.82) is 0 Å². The normalized spacial score (nSPS) is 10.5. The van der Waals surface area contributed by atoms with Crippen LogP contribution in [0.5, 0.6) is 0 Å². The van der Waals surface area contributed by atoms with Gasteiger partial charge in [0.05, 0.1) is 11.1 Å². The molecule has 13 heavy (non-hydrogen) atoms. The molecule has 2 aromatic rings. The molecule has 0 saturated carbocycles. The number of hydrogen-bond donors (Lipinski definition) is 2. The lowest BCUT2D eigenvalue weighted by molar-refractivity contribution is 1.28. The fourth-order valence-electron chi connectivity index (χ4n) is 1.25. The molecular formula is C9H7ClN2O. The molecule has 1 heterocycles. The van der Waals surface area contributed by atoms with E-state index >= 15 is 0 Å². The van der Waals surface area contributed by atoms with E-state index in [-0.39, 0.29) is 5.56 Å². The summed E-state index contributed by atoms with van der Waals surface area (Å²) >= 11 is 5.75. The van der Waals surface area contributed by atoms with Gasteiger partial charge in [0.2, 0.25) is 0 Å². The number of benzene rings is 1. The number of nitrogens with one attached hydrogen (secondary N) is 1. The molecule has 0 amide bonds. The van der Waals surface area contributed by atoms with E-state index in [1.165, 1.54) is 6.20 Å². The van der Waals surface area contributed by atoms with Crippen LogP contribution >= 0.6 is 11.6 Å². The Bertz CT molecular complexity index is 518. The minimum atomic E-state index is -0.174. The van der Waals surface area contributed by atoms with E-state index in [1.54, 1.807) is 18.2 Å². The summed E-state index contributed by atoms with van der Waals surface area (Å²) < 4.78 is 0. The zero-order valence-electron chi connectivity index (χ0n) is 6.67. The first-order chi connectivity index (χ1) is 6.18. The van der Waals surface area contributed by atoms with Crippen LogP contribution in [0.1, 0.15) is 0 Å². The molecule has 0 saturated heterocycles. The average molecular weight is 195 g/mol. The first-order valence-corrected chi connectivity index (χ1v) is 4.13. The number of nitrogens with two attached hydrogens (primary N) is 1. The van der Waals surface area contributed by atoms with E-state index in [0.29, 0.717) is 16.1 Å². The molecule has 0 aliphatic carbocycles. The Morgan fingerprint density at radius 3 is 2.85 bits per heavy atom. The maximum absolute atomic E-state index is 11.3. The smallest absolute Gasteiger partial charge is 0.256 e. The Morgan fingerprint density at radius 1 is 1.31 bits per heavy atom. The van der Waals surface area contributed by atoms with Crippen molar-refractivity contribution in [3.05, 3.63) is 39.8 Å². The standard InChI is InChI=1S/C9H7ClN2O/c10-5-1-2-6-7(3-5)9(13)12-4-8(6)11/h1-4H,11H2,(H,12,13). The number of H-pyrrole nitrogens is 1. The minimum Gasteiger partial charge on any atom is -0.397 e. The molecule has 2 rings (SSSR count). The maximum Gasteiger partial charge on any atom is 0.256 e. The molecule has 66 valence electrons. The summed E-state index contributed by atoms with van der Waals surface area (Å²) in [6, 6.07) is 5.05. The molecule has 0 atom stereocenters. The zero-order valence-corrected chi connectivity index (χ0v) is 7.43. The predicted molar refractivity (Wildman–Crippen MR) is 54.0 cm³/mol. The van der Waals surface area contributed by atoms with Crippen LogP contribution in [0.2, 0.25) is 5.02 Å². The van der Waals surface area contributed by atoms with Crippen LogP contribution in [0.15, 0.2) is 29.2 Å². The van der Waals surface area contributed by atoms with Gasteiger partial charge in [-0.25, -0.2) is 0 Å². The van der Waals surface area contributed by atoms with Crippen LogP contribution in [0.4, 0.5) is 5.69 Å². The van der Waals surface area contributed by atoms with Crippen molar-refractivity contribution in [2.45, 2.75) is 0 Å². The first kappa shape index (κ1) is 8.13. The van der Waals surface area contributed by atoms with Gasteiger partial charge in [-0.3, -0.25) is 4.79 Å². The number of aromatic amines is 1. The number of aromatic nitrogens is 1. The SMILES string of the molecule is Nc1c[nH]c(=O)c2cc(Cl)ccc12. The third-order valence-electron chi connectivity index (χ3n) is 1.90. The fraction of sp³-hybridized carbons (Fsp3) is 0. The summed E-state index contributed by atoms with van der Waals surface area (Å²) in [5, 5.41) is 1.78. The third kappa shape index (κ3) is 1.27. The molecule has 3 N–H and O–H groups in total. The van der Waals surface area contributed by atoms with E-state index in [0.717, 1.165) is 5.39 Å². The molecule has 0 radical (unpaired) electrons. The Morgan fingerprint density at radius 2 is 2.08 bits per heavy atom. The molecular weight excluding hydrogens is 188 g/mol. The van der Waals surface area contributed by atoms with Crippen LogP contribution in [0.25, 0.3) is 10.8 Å². The number of pyridine rings is 1. The summed E-state index contributed by atoms with van der Waals surface area (Å²) in [5.41, 5.74) is 6.04. The molecule has 0 spiro atoms. The second kappa shape index (κ2) is 2.78. The average Bonchev–Trinajstić information content (AvgIpc) is 2.12. The van der Waals surface area contributed by atoms with Gasteiger partial charge in [-0.2, -0.15) is 0 Å². The molecule has 1 aromatic carbocycles. The topological polar surface area (TPSA) is 58.9 Å². The monoisotopic (exact) mass is 194 g/mol. The van der Waals surface area contributed by atoms with Crippen molar-refractivity contribution < 1.29 is 0 Å². The van der Waals surface area contributed by atoms with Crippen molar-refractivity contribution in [1.82, 2.24) is 4.98 Å². The highest BCUT2D eigenvalue weighted by molar-refractivity contribution is 6.31. The number of nitrogen functional groups attached to an aromatic ring is 1. The van der Waals surface area contributed by atoms with Crippen LogP contribution in [-0.4, -0.2) is 4.98 Å². The second-order valence-corrected chi connectivity index (χ2v) is 3.20. The van der Waals surface area contributed by atoms with Gasteiger partial charge in [0.1, 0.15) is 0 Å². The van der Waals surface area contributed by atoms with Crippen molar-refractivity contribution >= 4 is 28.1 Å². The zero-order chi connectivity index (χ0) is 9.42. The van der Waals surface area contributed by atoms with Crippen LogP contribution in [0.3, 0.4) is 0 Å². The number of halogens is 1. The first-order valence-electron chi connectivity index (χ1n) is 3.75. The van der Waals surface area contributed by atoms with E-state index in [1.807, 2.05) is 0 Å². The molecule has 0 unspecified atom stereocenters. The highest BCUT2D eigenvalue weighted by atomic mass is 35.5. The predicted octanol–water partition coefficient (Wildman–Crippen LogP) is 1.76. The molecule has 0 aliphatic rings. The van der Waals surface area contributed by atoms with Gasteiger partial charge >= 0.3 is 0 Å². The van der Waals surface area contributed by atoms with Gasteiger partial charge < -0.3 is 10.7 Å². The Kier molecular flexibility index (Phi) is 1.74. The lowest BCUT2D eigenvalue weighted by Crippen LogP contribution is -2.06. The quantitative estimate of drug-likeness (QED) is 0.672. The van der Waals surface area contributed by atoms with Gasteiger partial charge in [0, 0.05) is 16.6 Å².